The number of carbonyl (C=O) groups excluding carboxylic acids is 3. The van der Waals surface area contributed by atoms with Gasteiger partial charge in [0, 0.05) is 11.5 Å². The van der Waals surface area contributed by atoms with Crippen LogP contribution in [0.5, 0.6) is 0 Å². The van der Waals surface area contributed by atoms with Crippen molar-refractivity contribution in [1.82, 2.24) is 10.6 Å². The number of carbonyl (C=O) groups is 3. The number of nitriles is 1. The van der Waals surface area contributed by atoms with Crippen LogP contribution in [0.4, 0.5) is 0 Å². The predicted molar refractivity (Wildman–Crippen MR) is 110 cm³/mol. The number of hydrogen-bond donors (Lipinski definition) is 4. The molecule has 5 N–H and O–H groups in total. The highest BCUT2D eigenvalue weighted by molar-refractivity contribution is 5.95. The number of nitrogens with zero attached hydrogens (tertiary/aromatic N) is 1. The minimum Gasteiger partial charge on any atom is -0.381 e. The van der Waals surface area contributed by atoms with Crippen molar-refractivity contribution in [2.75, 3.05) is 0 Å². The molecule has 0 fully saturated rings. The Balaban J connectivity index is 2.22. The van der Waals surface area contributed by atoms with Crippen molar-refractivity contribution in [3.05, 3.63) is 71.8 Å². The molecule has 156 valence electrons. The molecular formula is C22H24N4O4. The number of nitrogens with one attached hydrogen (secondary N) is 2. The minimum atomic E-state index is -1.70. The van der Waals surface area contributed by atoms with Gasteiger partial charge in [-0.15, -0.1) is 0 Å². The number of rotatable bonds is 9. The fourth-order valence-corrected chi connectivity index (χ4v) is 2.88. The molecule has 8 nitrogen and oxygen atoms in total. The van der Waals surface area contributed by atoms with E-state index in [0.717, 1.165) is 0 Å². The summed E-state index contributed by atoms with van der Waals surface area (Å²) in [5.41, 5.74) is 6.19. The topological polar surface area (TPSA) is 145 Å². The Labute approximate surface area is 174 Å². The van der Waals surface area contributed by atoms with Crippen molar-refractivity contribution in [3.8, 4) is 6.07 Å². The Bertz CT molecular complexity index is 912. The van der Waals surface area contributed by atoms with Crippen LogP contribution in [0.15, 0.2) is 60.7 Å². The molecule has 0 heterocycles. The molecular weight excluding hydrogens is 384 g/mol. The van der Waals surface area contributed by atoms with Gasteiger partial charge in [-0.05, 0) is 31.0 Å². The SMILES string of the molecule is C[C@@H](C#N)C[C@@H](NC(=O)[C@H](O)[C@@H](NC(=O)c1ccccc1)c1ccccc1)C(N)=O. The van der Waals surface area contributed by atoms with Crippen molar-refractivity contribution >= 4 is 17.7 Å². The van der Waals surface area contributed by atoms with Crippen LogP contribution in [0.2, 0.25) is 0 Å². The summed E-state index contributed by atoms with van der Waals surface area (Å²) in [5.74, 6) is -2.70. The highest BCUT2D eigenvalue weighted by Gasteiger charge is 2.32. The second kappa shape index (κ2) is 10.7. The Morgan fingerprint density at radius 2 is 1.60 bits per heavy atom. The van der Waals surface area contributed by atoms with E-state index in [1.54, 1.807) is 67.6 Å². The summed E-state index contributed by atoms with van der Waals surface area (Å²) in [6, 6.07) is 16.7. The van der Waals surface area contributed by atoms with Gasteiger partial charge in [0.1, 0.15) is 6.04 Å². The van der Waals surface area contributed by atoms with Crippen molar-refractivity contribution in [1.29, 1.82) is 5.26 Å². The van der Waals surface area contributed by atoms with Crippen LogP contribution in [0.1, 0.15) is 35.3 Å². The highest BCUT2D eigenvalue weighted by Crippen LogP contribution is 2.19. The molecule has 0 radical (unpaired) electrons. The van der Waals surface area contributed by atoms with Gasteiger partial charge < -0.3 is 21.5 Å². The normalized spacial score (nSPS) is 14.4. The number of aliphatic hydroxyl groups excluding tert-OH is 1. The van der Waals surface area contributed by atoms with E-state index < -0.39 is 41.8 Å². The van der Waals surface area contributed by atoms with Crippen molar-refractivity contribution in [2.24, 2.45) is 11.7 Å². The van der Waals surface area contributed by atoms with Crippen molar-refractivity contribution in [3.63, 3.8) is 0 Å². The fraction of sp³-hybridized carbons (Fsp3) is 0.273. The number of aliphatic hydroxyl groups is 1. The van der Waals surface area contributed by atoms with Crippen LogP contribution in [0, 0.1) is 17.2 Å². The molecule has 0 aromatic heterocycles. The lowest BCUT2D eigenvalue weighted by Crippen LogP contribution is -2.52. The monoisotopic (exact) mass is 408 g/mol. The maximum atomic E-state index is 12.7. The lowest BCUT2D eigenvalue weighted by Gasteiger charge is -2.26. The lowest BCUT2D eigenvalue weighted by atomic mass is 9.98. The molecule has 8 heteroatoms. The van der Waals surface area contributed by atoms with Crippen LogP contribution >= 0.6 is 0 Å². The second-order valence-corrected chi connectivity index (χ2v) is 6.90. The molecule has 0 bridgehead atoms. The lowest BCUT2D eigenvalue weighted by molar-refractivity contribution is -0.134. The number of amides is 3. The summed E-state index contributed by atoms with van der Waals surface area (Å²) in [4.78, 5) is 36.9. The molecule has 0 unspecified atom stereocenters. The average Bonchev–Trinajstić information content (AvgIpc) is 2.77. The summed E-state index contributed by atoms with van der Waals surface area (Å²) in [6.07, 6.45) is -1.68. The molecule has 30 heavy (non-hydrogen) atoms. The van der Waals surface area contributed by atoms with Crippen LogP contribution < -0.4 is 16.4 Å². The predicted octanol–water partition coefficient (Wildman–Crippen LogP) is 1.04. The molecule has 0 aliphatic carbocycles. The van der Waals surface area contributed by atoms with E-state index in [2.05, 4.69) is 10.6 Å². The number of nitrogens with two attached hydrogens (primary N) is 1. The summed E-state index contributed by atoms with van der Waals surface area (Å²) in [7, 11) is 0. The third kappa shape index (κ3) is 6.15. The molecule has 3 amide bonds. The quantitative estimate of drug-likeness (QED) is 0.490. The Morgan fingerprint density at radius 3 is 2.13 bits per heavy atom. The summed E-state index contributed by atoms with van der Waals surface area (Å²) in [5, 5.41) is 24.7. The maximum Gasteiger partial charge on any atom is 0.252 e. The van der Waals surface area contributed by atoms with E-state index in [4.69, 9.17) is 11.0 Å². The summed E-state index contributed by atoms with van der Waals surface area (Å²) < 4.78 is 0. The van der Waals surface area contributed by atoms with Crippen LogP contribution in [0.3, 0.4) is 0 Å². The zero-order valence-electron chi connectivity index (χ0n) is 16.5. The van der Waals surface area contributed by atoms with E-state index in [-0.39, 0.29) is 6.42 Å². The summed E-state index contributed by atoms with van der Waals surface area (Å²) >= 11 is 0. The van der Waals surface area contributed by atoms with Crippen LogP contribution in [-0.4, -0.2) is 35.0 Å². The fourth-order valence-electron chi connectivity index (χ4n) is 2.88. The molecule has 0 aliphatic heterocycles. The molecule has 2 aromatic rings. The average molecular weight is 408 g/mol. The van der Waals surface area contributed by atoms with Crippen molar-refractivity contribution in [2.45, 2.75) is 31.5 Å². The largest absolute Gasteiger partial charge is 0.381 e. The molecule has 2 rings (SSSR count). The molecule has 4 atom stereocenters. The van der Waals surface area contributed by atoms with E-state index in [0.29, 0.717) is 11.1 Å². The summed E-state index contributed by atoms with van der Waals surface area (Å²) in [6.45, 7) is 1.59. The molecule has 0 aliphatic rings. The zero-order valence-corrected chi connectivity index (χ0v) is 16.5. The third-order valence-corrected chi connectivity index (χ3v) is 4.54. The first-order valence-corrected chi connectivity index (χ1v) is 9.41. The first-order valence-electron chi connectivity index (χ1n) is 9.41. The highest BCUT2D eigenvalue weighted by atomic mass is 16.3. The Kier molecular flexibility index (Phi) is 8.08. The minimum absolute atomic E-state index is 0.0106. The smallest absolute Gasteiger partial charge is 0.252 e. The third-order valence-electron chi connectivity index (χ3n) is 4.54. The van der Waals surface area contributed by atoms with E-state index in [9.17, 15) is 19.5 Å². The molecule has 0 saturated heterocycles. The van der Waals surface area contributed by atoms with E-state index in [1.165, 1.54) is 0 Å². The van der Waals surface area contributed by atoms with Gasteiger partial charge in [-0.3, -0.25) is 14.4 Å². The standard InChI is InChI=1S/C22H24N4O4/c1-14(13-23)12-17(20(24)28)25-22(30)19(27)18(15-8-4-2-5-9-15)26-21(29)16-10-6-3-7-11-16/h2-11,14,17-19,27H,12H2,1H3,(H2,24,28)(H,25,30)(H,26,29)/t14-,17-,18+,19-/m1/s1. The van der Waals surface area contributed by atoms with Gasteiger partial charge in [-0.25, -0.2) is 0 Å². The van der Waals surface area contributed by atoms with E-state index in [1.807, 2.05) is 6.07 Å². The number of primary amides is 1. The zero-order chi connectivity index (χ0) is 22.1. The number of hydrogen-bond acceptors (Lipinski definition) is 5. The van der Waals surface area contributed by atoms with Crippen LogP contribution in [-0.2, 0) is 9.59 Å². The van der Waals surface area contributed by atoms with Gasteiger partial charge in [0.15, 0.2) is 6.10 Å². The van der Waals surface area contributed by atoms with Crippen molar-refractivity contribution < 1.29 is 19.5 Å². The molecule has 0 saturated carbocycles. The van der Waals surface area contributed by atoms with Gasteiger partial charge >= 0.3 is 0 Å². The van der Waals surface area contributed by atoms with Gasteiger partial charge in [0.2, 0.25) is 5.91 Å². The van der Waals surface area contributed by atoms with E-state index >= 15 is 0 Å². The van der Waals surface area contributed by atoms with Crippen LogP contribution in [0.25, 0.3) is 0 Å². The van der Waals surface area contributed by atoms with Gasteiger partial charge in [0.05, 0.1) is 12.1 Å². The van der Waals surface area contributed by atoms with Gasteiger partial charge in [-0.2, -0.15) is 5.26 Å². The molecule has 2 aromatic carbocycles. The Hall–Kier alpha value is -3.70. The second-order valence-electron chi connectivity index (χ2n) is 6.90. The molecule has 0 spiro atoms. The van der Waals surface area contributed by atoms with Gasteiger partial charge in [-0.1, -0.05) is 48.5 Å². The first-order chi connectivity index (χ1) is 14.3. The Morgan fingerprint density at radius 1 is 1.03 bits per heavy atom. The first kappa shape index (κ1) is 22.6. The maximum absolute atomic E-state index is 12.7. The van der Waals surface area contributed by atoms with Gasteiger partial charge in [0.25, 0.3) is 11.8 Å². The number of benzene rings is 2.